The fourth-order valence-electron chi connectivity index (χ4n) is 1.74. The lowest BCUT2D eigenvalue weighted by atomic mass is 10.1. The molecule has 1 heterocycles. The van der Waals surface area contributed by atoms with Gasteiger partial charge in [0.2, 0.25) is 5.95 Å². The number of carboxylic acids is 1. The van der Waals surface area contributed by atoms with E-state index in [2.05, 4.69) is 20.5 Å². The number of nitrogens with one attached hydrogen (secondary N) is 1. The van der Waals surface area contributed by atoms with Gasteiger partial charge < -0.3 is 5.11 Å². The molecule has 0 aliphatic carbocycles. The minimum absolute atomic E-state index is 0.194. The van der Waals surface area contributed by atoms with E-state index < -0.39 is 5.97 Å². The van der Waals surface area contributed by atoms with Crippen LogP contribution in [0.15, 0.2) is 35.4 Å². The zero-order chi connectivity index (χ0) is 14.5. The summed E-state index contributed by atoms with van der Waals surface area (Å²) in [6, 6.07) is 8.48. The third-order valence-corrected chi connectivity index (χ3v) is 2.54. The Labute approximate surface area is 116 Å². The van der Waals surface area contributed by atoms with Crippen LogP contribution in [0.4, 0.5) is 5.95 Å². The number of rotatable bonds is 4. The van der Waals surface area contributed by atoms with Crippen LogP contribution in [0.3, 0.4) is 0 Å². The number of hydrazone groups is 1. The standard InChI is InChI=1S/C14H14N4O2/c1-9-7-10(2)17-14(16-9)18-15-8-11-5-3-4-6-12(11)13(19)20/h3-8H,1-2H3,(H,19,20)(H,16,17,18)/b15-8+. The second-order valence-corrected chi connectivity index (χ2v) is 4.24. The van der Waals surface area contributed by atoms with Crippen molar-refractivity contribution in [1.82, 2.24) is 9.97 Å². The first kappa shape index (κ1) is 13.7. The first-order valence-electron chi connectivity index (χ1n) is 6.00. The van der Waals surface area contributed by atoms with E-state index in [-0.39, 0.29) is 5.56 Å². The van der Waals surface area contributed by atoms with E-state index in [1.807, 2.05) is 19.9 Å². The lowest BCUT2D eigenvalue weighted by Crippen LogP contribution is -2.03. The highest BCUT2D eigenvalue weighted by Gasteiger charge is 2.06. The third-order valence-electron chi connectivity index (χ3n) is 2.54. The van der Waals surface area contributed by atoms with Crippen LogP contribution >= 0.6 is 0 Å². The van der Waals surface area contributed by atoms with Gasteiger partial charge in [-0.15, -0.1) is 0 Å². The SMILES string of the molecule is Cc1cc(C)nc(N/N=C/c2ccccc2C(=O)O)n1. The summed E-state index contributed by atoms with van der Waals surface area (Å²) in [4.78, 5) is 19.4. The average molecular weight is 270 g/mol. The van der Waals surface area contributed by atoms with E-state index in [0.717, 1.165) is 11.4 Å². The molecule has 2 rings (SSSR count). The summed E-state index contributed by atoms with van der Waals surface area (Å²) in [6.45, 7) is 3.73. The van der Waals surface area contributed by atoms with Crippen molar-refractivity contribution in [3.63, 3.8) is 0 Å². The summed E-state index contributed by atoms with van der Waals surface area (Å²) in [5.41, 5.74) is 5.07. The number of hydrogen-bond donors (Lipinski definition) is 2. The molecule has 1 aromatic carbocycles. The van der Waals surface area contributed by atoms with E-state index in [1.165, 1.54) is 12.3 Å². The summed E-state index contributed by atoms with van der Waals surface area (Å²) in [5, 5.41) is 13.0. The van der Waals surface area contributed by atoms with Gasteiger partial charge in [0, 0.05) is 17.0 Å². The summed E-state index contributed by atoms with van der Waals surface area (Å²) >= 11 is 0. The van der Waals surface area contributed by atoms with Crippen molar-refractivity contribution in [3.05, 3.63) is 52.8 Å². The van der Waals surface area contributed by atoms with Crippen molar-refractivity contribution in [1.29, 1.82) is 0 Å². The molecule has 0 aliphatic rings. The predicted octanol–water partition coefficient (Wildman–Crippen LogP) is 2.24. The van der Waals surface area contributed by atoms with Crippen molar-refractivity contribution in [3.8, 4) is 0 Å². The molecule has 0 amide bonds. The van der Waals surface area contributed by atoms with Gasteiger partial charge in [0.25, 0.3) is 0 Å². The summed E-state index contributed by atoms with van der Waals surface area (Å²) < 4.78 is 0. The highest BCUT2D eigenvalue weighted by Crippen LogP contribution is 2.07. The van der Waals surface area contributed by atoms with Crippen LogP contribution < -0.4 is 5.43 Å². The predicted molar refractivity (Wildman–Crippen MR) is 76.1 cm³/mol. The number of carbonyl (C=O) groups is 1. The van der Waals surface area contributed by atoms with Crippen LogP contribution in [0.2, 0.25) is 0 Å². The molecule has 0 bridgehead atoms. The van der Waals surface area contributed by atoms with Crippen LogP contribution in [0.5, 0.6) is 0 Å². The smallest absolute Gasteiger partial charge is 0.336 e. The number of benzene rings is 1. The molecule has 2 N–H and O–H groups in total. The molecule has 0 aliphatic heterocycles. The lowest BCUT2D eigenvalue weighted by Gasteiger charge is -2.02. The number of carboxylic acid groups (broad SMARTS) is 1. The third kappa shape index (κ3) is 3.38. The number of aromatic carboxylic acids is 1. The first-order chi connectivity index (χ1) is 9.56. The van der Waals surface area contributed by atoms with Crippen LogP contribution in [0.1, 0.15) is 27.3 Å². The van der Waals surface area contributed by atoms with Crippen LogP contribution in [0, 0.1) is 13.8 Å². The summed E-state index contributed by atoms with van der Waals surface area (Å²) in [6.07, 6.45) is 1.44. The molecule has 0 radical (unpaired) electrons. The quantitative estimate of drug-likeness (QED) is 0.657. The van der Waals surface area contributed by atoms with Gasteiger partial charge in [-0.1, -0.05) is 18.2 Å². The van der Waals surface area contributed by atoms with Crippen molar-refractivity contribution in [2.75, 3.05) is 5.43 Å². The topological polar surface area (TPSA) is 87.5 Å². The maximum absolute atomic E-state index is 11.0. The lowest BCUT2D eigenvalue weighted by molar-refractivity contribution is 0.0697. The largest absolute Gasteiger partial charge is 0.478 e. The maximum atomic E-state index is 11.0. The Hall–Kier alpha value is -2.76. The molecule has 6 nitrogen and oxygen atoms in total. The molecule has 0 spiro atoms. The Morgan fingerprint density at radius 3 is 2.55 bits per heavy atom. The molecule has 0 saturated heterocycles. The average Bonchev–Trinajstić information content (AvgIpc) is 2.38. The van der Waals surface area contributed by atoms with Gasteiger partial charge in [0.1, 0.15) is 0 Å². The Balaban J connectivity index is 2.16. The Morgan fingerprint density at radius 2 is 1.90 bits per heavy atom. The van der Waals surface area contributed by atoms with Crippen LogP contribution in [0.25, 0.3) is 0 Å². The molecule has 2 aromatic rings. The number of anilines is 1. The zero-order valence-corrected chi connectivity index (χ0v) is 11.2. The zero-order valence-electron chi connectivity index (χ0n) is 11.2. The number of nitrogens with zero attached hydrogens (tertiary/aromatic N) is 3. The minimum Gasteiger partial charge on any atom is -0.478 e. The van der Waals surface area contributed by atoms with Gasteiger partial charge in [0.15, 0.2) is 0 Å². The Kier molecular flexibility index (Phi) is 4.05. The molecular formula is C14H14N4O2. The maximum Gasteiger partial charge on any atom is 0.336 e. The van der Waals surface area contributed by atoms with E-state index in [9.17, 15) is 4.79 Å². The highest BCUT2D eigenvalue weighted by molar-refractivity contribution is 5.98. The fourth-order valence-corrected chi connectivity index (χ4v) is 1.74. The van der Waals surface area contributed by atoms with E-state index >= 15 is 0 Å². The molecular weight excluding hydrogens is 256 g/mol. The Morgan fingerprint density at radius 1 is 1.25 bits per heavy atom. The number of aryl methyl sites for hydroxylation is 2. The second-order valence-electron chi connectivity index (χ2n) is 4.24. The van der Waals surface area contributed by atoms with Crippen LogP contribution in [-0.2, 0) is 0 Å². The minimum atomic E-state index is -0.991. The number of aromatic nitrogens is 2. The van der Waals surface area contributed by atoms with Gasteiger partial charge in [-0.2, -0.15) is 5.10 Å². The van der Waals surface area contributed by atoms with Gasteiger partial charge in [-0.25, -0.2) is 20.2 Å². The first-order valence-corrected chi connectivity index (χ1v) is 6.00. The number of hydrogen-bond acceptors (Lipinski definition) is 5. The summed E-state index contributed by atoms with van der Waals surface area (Å²) in [5.74, 6) is -0.610. The van der Waals surface area contributed by atoms with E-state index in [4.69, 9.17) is 5.11 Å². The van der Waals surface area contributed by atoms with Crippen molar-refractivity contribution < 1.29 is 9.90 Å². The molecule has 6 heteroatoms. The molecule has 102 valence electrons. The fraction of sp³-hybridized carbons (Fsp3) is 0.143. The summed E-state index contributed by atoms with van der Waals surface area (Å²) in [7, 11) is 0. The van der Waals surface area contributed by atoms with Gasteiger partial charge in [0.05, 0.1) is 11.8 Å². The van der Waals surface area contributed by atoms with Crippen molar-refractivity contribution >= 4 is 18.1 Å². The molecule has 0 unspecified atom stereocenters. The molecule has 0 atom stereocenters. The highest BCUT2D eigenvalue weighted by atomic mass is 16.4. The normalized spacial score (nSPS) is 10.7. The van der Waals surface area contributed by atoms with Gasteiger partial charge in [-0.3, -0.25) is 0 Å². The van der Waals surface area contributed by atoms with Crippen LogP contribution in [-0.4, -0.2) is 27.3 Å². The van der Waals surface area contributed by atoms with E-state index in [1.54, 1.807) is 18.2 Å². The molecule has 0 fully saturated rings. The van der Waals surface area contributed by atoms with Gasteiger partial charge >= 0.3 is 5.97 Å². The molecule has 20 heavy (non-hydrogen) atoms. The van der Waals surface area contributed by atoms with Crippen molar-refractivity contribution in [2.24, 2.45) is 5.10 Å². The molecule has 0 saturated carbocycles. The monoisotopic (exact) mass is 270 g/mol. The Bertz CT molecular complexity index is 648. The van der Waals surface area contributed by atoms with E-state index in [0.29, 0.717) is 11.5 Å². The van der Waals surface area contributed by atoms with Gasteiger partial charge in [-0.05, 0) is 26.0 Å². The van der Waals surface area contributed by atoms with Crippen molar-refractivity contribution in [2.45, 2.75) is 13.8 Å². The molecule has 1 aromatic heterocycles. The second kappa shape index (κ2) is 5.92.